The number of nitriles is 1. The van der Waals surface area contributed by atoms with E-state index in [1.54, 1.807) is 87.0 Å². The summed E-state index contributed by atoms with van der Waals surface area (Å²) in [6.07, 6.45) is -22.2. The number of methoxy groups -OCH3 is 4. The number of aromatic amines is 2. The summed E-state index contributed by atoms with van der Waals surface area (Å²) in [5.74, 6) is 2.32. The van der Waals surface area contributed by atoms with E-state index >= 15 is 0 Å². The fourth-order valence-electron chi connectivity index (χ4n) is 12.1. The molecule has 0 amide bonds. The molecular formula is C71H75F6N6O17P. The summed E-state index contributed by atoms with van der Waals surface area (Å²) >= 11 is 0. The normalized spacial score (nSPS) is 19.7. The highest BCUT2D eigenvalue weighted by molar-refractivity contribution is 7.44. The number of hydrogen-bond donors (Lipinski definition) is 3. The topological polar surface area (TPSA) is 268 Å². The smallest absolute Gasteiger partial charge is 0.497 e. The van der Waals surface area contributed by atoms with Crippen LogP contribution in [0.5, 0.6) is 23.0 Å². The van der Waals surface area contributed by atoms with Crippen LogP contribution in [0.4, 0.5) is 26.3 Å². The van der Waals surface area contributed by atoms with Crippen LogP contribution in [0.3, 0.4) is 0 Å². The Hall–Kier alpha value is -9.02. The Morgan fingerprint density at radius 1 is 0.515 bits per heavy atom. The summed E-state index contributed by atoms with van der Waals surface area (Å²) in [6, 6.07) is 50.4. The standard InChI is InChI=1S/C40H46F3N4O9P.C31H29F3N2O8/c1-26(2)47(27(3)4)57(53-24-10-22-44)56-35-33(54-37(36(35)55-40(41,42)43)46-23-21-34(48)45-38(46)49)25-52-39(28-11-8-7-9-12-28,29-13-17-31(50-5)18-14-29)30-15-19-32(51-6)20-16-30;1-40-22-12-8-20(9-13-22)30(19-6-4-3-5-7-19,21-10-14-23(41-2)15-11-21)42-18-24-26(38)27(44-31(32,33)34)28(43-24)36-17-16-25(37)35-29(36)39/h7-9,11-21,23,26-27,33,35-37H,10,24-25H2,1-6H3,(H,45,48,49);3-17,24,26-28,38H,18H2,1-2H3,(H,35,37,39)/t33-,35+,36?,37-,57?;24-,26+,27?,28-/m11/s1. The Balaban J connectivity index is 0.000000243. The molecule has 0 saturated carbocycles. The molecule has 0 spiro atoms. The van der Waals surface area contributed by atoms with Crippen molar-refractivity contribution in [1.29, 1.82) is 5.26 Å². The average molecular weight is 1430 g/mol. The minimum Gasteiger partial charge on any atom is -0.497 e. The monoisotopic (exact) mass is 1430 g/mol. The van der Waals surface area contributed by atoms with E-state index in [1.807, 2.05) is 128 Å². The van der Waals surface area contributed by atoms with Crippen molar-refractivity contribution in [1.82, 2.24) is 23.8 Å². The molecule has 6 aromatic carbocycles. The molecule has 30 heteroatoms. The zero-order valence-corrected chi connectivity index (χ0v) is 56.8. The predicted octanol–water partition coefficient (Wildman–Crippen LogP) is 10.8. The van der Waals surface area contributed by atoms with Gasteiger partial charge in [-0.05, 0) is 110 Å². The van der Waals surface area contributed by atoms with Crippen molar-refractivity contribution in [2.45, 2.75) is 119 Å². The van der Waals surface area contributed by atoms with Gasteiger partial charge in [-0.2, -0.15) is 5.26 Å². The maximum absolute atomic E-state index is 14.4. The van der Waals surface area contributed by atoms with Crippen LogP contribution in [0.15, 0.2) is 201 Å². The maximum Gasteiger partial charge on any atom is 0.523 e. The van der Waals surface area contributed by atoms with Gasteiger partial charge in [-0.3, -0.25) is 38.2 Å². The summed E-state index contributed by atoms with van der Waals surface area (Å²) in [7, 11) is 3.96. The van der Waals surface area contributed by atoms with Crippen molar-refractivity contribution in [2.75, 3.05) is 48.3 Å². The number of aliphatic hydroxyl groups is 1. The average Bonchev–Trinajstić information content (AvgIpc) is 1.22. The van der Waals surface area contributed by atoms with Crippen LogP contribution in [-0.4, -0.2) is 139 Å². The molecule has 8 aromatic rings. The number of nitrogens with one attached hydrogen (secondary N) is 2. The molecule has 0 aliphatic carbocycles. The first kappa shape index (κ1) is 76.2. The van der Waals surface area contributed by atoms with E-state index in [0.29, 0.717) is 56.4 Å². The van der Waals surface area contributed by atoms with E-state index in [4.69, 9.17) is 51.7 Å². The lowest BCUT2D eigenvalue weighted by atomic mass is 9.80. The number of aromatic nitrogens is 4. The summed E-state index contributed by atoms with van der Waals surface area (Å²) in [5.41, 5.74) is -2.49. The van der Waals surface area contributed by atoms with Gasteiger partial charge in [0.25, 0.3) is 19.6 Å². The molecular weight excluding hydrogens is 1350 g/mol. The minimum absolute atomic E-state index is 0.0128. The molecule has 2 saturated heterocycles. The molecule has 0 radical (unpaired) electrons. The second-order valence-electron chi connectivity index (χ2n) is 23.5. The van der Waals surface area contributed by atoms with Crippen molar-refractivity contribution in [3.05, 3.63) is 257 Å². The van der Waals surface area contributed by atoms with Crippen LogP contribution in [-0.2, 0) is 48.7 Å². The first-order chi connectivity index (χ1) is 48.3. The molecule has 2 fully saturated rings. The number of alkyl halides is 6. The summed E-state index contributed by atoms with van der Waals surface area (Å²) in [5, 5.41) is 20.4. The van der Waals surface area contributed by atoms with Crippen LogP contribution < -0.4 is 41.4 Å². The Morgan fingerprint density at radius 3 is 1.21 bits per heavy atom. The molecule has 23 nitrogen and oxygen atoms in total. The van der Waals surface area contributed by atoms with Crippen molar-refractivity contribution in [2.24, 2.45) is 0 Å². The second-order valence-corrected chi connectivity index (χ2v) is 24.9. The second kappa shape index (κ2) is 33.6. The first-order valence-electron chi connectivity index (χ1n) is 31.6. The number of benzene rings is 6. The Morgan fingerprint density at radius 2 is 0.861 bits per heavy atom. The van der Waals surface area contributed by atoms with Crippen LogP contribution in [0.2, 0.25) is 0 Å². The molecule has 3 N–H and O–H groups in total. The van der Waals surface area contributed by atoms with Crippen molar-refractivity contribution in [3.63, 3.8) is 0 Å². The van der Waals surface area contributed by atoms with Gasteiger partial charge in [0, 0.05) is 36.6 Å². The number of nitrogens with zero attached hydrogens (tertiary/aromatic N) is 4. The van der Waals surface area contributed by atoms with E-state index < -0.39 is 117 Å². The van der Waals surface area contributed by atoms with Gasteiger partial charge < -0.3 is 52.0 Å². The van der Waals surface area contributed by atoms with E-state index in [1.165, 1.54) is 14.2 Å². The lowest BCUT2D eigenvalue weighted by molar-refractivity contribution is -0.356. The molecule has 10 rings (SSSR count). The fraction of sp³-hybridized carbons (Fsp3) is 0.366. The van der Waals surface area contributed by atoms with Crippen molar-refractivity contribution < 1.29 is 87.9 Å². The highest BCUT2D eigenvalue weighted by atomic mass is 31.2. The predicted molar refractivity (Wildman–Crippen MR) is 355 cm³/mol. The van der Waals surface area contributed by atoms with Gasteiger partial charge >= 0.3 is 24.1 Å². The van der Waals surface area contributed by atoms with E-state index in [0.717, 1.165) is 33.7 Å². The van der Waals surface area contributed by atoms with E-state index in [2.05, 4.69) is 9.72 Å². The van der Waals surface area contributed by atoms with Crippen molar-refractivity contribution >= 4 is 8.53 Å². The Labute approximate surface area is 577 Å². The zero-order chi connectivity index (χ0) is 72.8. The highest BCUT2D eigenvalue weighted by Gasteiger charge is 2.56. The van der Waals surface area contributed by atoms with Crippen LogP contribution in [0.1, 0.15) is 80.0 Å². The SMILES string of the molecule is COc1ccc(C(OC[C@H]2O[C@@H](n3ccc(=O)[nH]c3=O)C(OC(F)(F)F)[C@H]2O)(c2ccccc2)c2ccc(OC)cc2)cc1.COc1ccc(C(OC[C@H]2O[C@@H](n3ccc(=O)[nH]c3=O)C(OC(F)(F)F)[C@H]2OP(OCCC#N)N(C(C)C)C(C)C)(c2ccccc2)c2ccc(OC)cc2)cc1. The molecule has 101 heavy (non-hydrogen) atoms. The fourth-order valence-corrected chi connectivity index (χ4v) is 13.8. The third-order valence-electron chi connectivity index (χ3n) is 16.5. The number of H-pyrrole nitrogens is 2. The third kappa shape index (κ3) is 18.0. The van der Waals surface area contributed by atoms with Gasteiger partial charge in [0.15, 0.2) is 12.5 Å². The Kier molecular flexibility index (Phi) is 25.4. The zero-order valence-electron chi connectivity index (χ0n) is 55.9. The van der Waals surface area contributed by atoms with Crippen LogP contribution >= 0.6 is 8.53 Å². The molecule has 2 aliphatic heterocycles. The molecule has 2 aliphatic rings. The largest absolute Gasteiger partial charge is 0.523 e. The van der Waals surface area contributed by atoms with Gasteiger partial charge in [0.2, 0.25) is 0 Å². The lowest BCUT2D eigenvalue weighted by Gasteiger charge is -2.39. The number of halogens is 6. The molecule has 2 aromatic heterocycles. The van der Waals surface area contributed by atoms with Crippen LogP contribution in [0.25, 0.3) is 0 Å². The third-order valence-corrected chi connectivity index (χ3v) is 18.7. The van der Waals surface area contributed by atoms with E-state index in [9.17, 15) is 55.9 Å². The van der Waals surface area contributed by atoms with Crippen molar-refractivity contribution in [3.8, 4) is 29.1 Å². The lowest BCUT2D eigenvalue weighted by Crippen LogP contribution is -2.45. The number of hydrogen-bond acceptors (Lipinski definition) is 19. The number of rotatable bonds is 28. The molecule has 3 unspecified atom stereocenters. The first-order valence-corrected chi connectivity index (χ1v) is 32.7. The van der Waals surface area contributed by atoms with Gasteiger partial charge in [0.1, 0.15) is 70.8 Å². The maximum atomic E-state index is 14.4. The van der Waals surface area contributed by atoms with Gasteiger partial charge in [-0.25, -0.2) is 14.3 Å². The van der Waals surface area contributed by atoms with E-state index in [-0.39, 0.29) is 25.1 Å². The number of aliphatic hydroxyl groups excluding tert-OH is 1. The van der Waals surface area contributed by atoms with Gasteiger partial charge in [-0.15, -0.1) is 26.3 Å². The molecule has 9 atom stereocenters. The molecule has 4 heterocycles. The van der Waals surface area contributed by atoms with Crippen LogP contribution in [0, 0.1) is 11.3 Å². The quantitative estimate of drug-likeness (QED) is 0.0178. The van der Waals surface area contributed by atoms with Gasteiger partial charge in [0.05, 0.1) is 60.7 Å². The Bertz CT molecular complexity index is 4140. The molecule has 538 valence electrons. The minimum atomic E-state index is -5.23. The summed E-state index contributed by atoms with van der Waals surface area (Å²) < 4.78 is 156. The summed E-state index contributed by atoms with van der Waals surface area (Å²) in [6.45, 7) is 6.57. The van der Waals surface area contributed by atoms with Gasteiger partial charge in [-0.1, -0.05) is 109 Å². The summed E-state index contributed by atoms with van der Waals surface area (Å²) in [4.78, 5) is 53.3. The highest BCUT2D eigenvalue weighted by Crippen LogP contribution is 2.52. The molecule has 0 bridgehead atoms. The number of ether oxygens (including phenoxy) is 10.